The first kappa shape index (κ1) is 14.9. The SMILES string of the molecule is CCCC(C)(C)n1c(CCCl)nc2ccc(Br)cc21. The normalized spacial score (nSPS) is 12.3. The number of rotatable bonds is 5. The van der Waals surface area contributed by atoms with Crippen molar-refractivity contribution >= 4 is 38.6 Å². The van der Waals surface area contributed by atoms with E-state index in [2.05, 4.69) is 53.4 Å². The number of halogens is 2. The second-order valence-corrected chi connectivity index (χ2v) is 6.79. The van der Waals surface area contributed by atoms with Crippen LogP contribution in [0.15, 0.2) is 22.7 Å². The minimum atomic E-state index is 0.0612. The zero-order valence-electron chi connectivity index (χ0n) is 11.7. The van der Waals surface area contributed by atoms with Crippen molar-refractivity contribution in [3.8, 4) is 0 Å². The van der Waals surface area contributed by atoms with E-state index in [-0.39, 0.29) is 5.54 Å². The summed E-state index contributed by atoms with van der Waals surface area (Å²) >= 11 is 9.48. The van der Waals surface area contributed by atoms with E-state index in [1.54, 1.807) is 0 Å². The number of aromatic nitrogens is 2. The highest BCUT2D eigenvalue weighted by Gasteiger charge is 2.25. The molecule has 104 valence electrons. The van der Waals surface area contributed by atoms with Gasteiger partial charge in [0.1, 0.15) is 5.82 Å². The van der Waals surface area contributed by atoms with E-state index in [0.29, 0.717) is 5.88 Å². The molecule has 2 nitrogen and oxygen atoms in total. The van der Waals surface area contributed by atoms with Crippen molar-refractivity contribution in [1.29, 1.82) is 0 Å². The maximum Gasteiger partial charge on any atom is 0.111 e. The molecule has 1 aromatic carbocycles. The maximum absolute atomic E-state index is 5.93. The molecule has 2 aromatic rings. The first-order valence-electron chi connectivity index (χ1n) is 6.73. The van der Waals surface area contributed by atoms with Crippen LogP contribution in [0.5, 0.6) is 0 Å². The number of hydrogen-bond donors (Lipinski definition) is 0. The quantitative estimate of drug-likeness (QED) is 0.689. The van der Waals surface area contributed by atoms with Gasteiger partial charge in [0.05, 0.1) is 11.0 Å². The summed E-state index contributed by atoms with van der Waals surface area (Å²) in [5, 5.41) is 0. The predicted molar refractivity (Wildman–Crippen MR) is 86.1 cm³/mol. The van der Waals surface area contributed by atoms with Gasteiger partial charge in [-0.1, -0.05) is 29.3 Å². The molecule has 0 saturated heterocycles. The van der Waals surface area contributed by atoms with Crippen molar-refractivity contribution in [3.63, 3.8) is 0 Å². The highest BCUT2D eigenvalue weighted by atomic mass is 79.9. The molecule has 0 unspecified atom stereocenters. The van der Waals surface area contributed by atoms with E-state index in [9.17, 15) is 0 Å². The third kappa shape index (κ3) is 2.97. The Bertz CT molecular complexity index is 575. The van der Waals surface area contributed by atoms with Crippen LogP contribution in [0.1, 0.15) is 39.4 Å². The van der Waals surface area contributed by atoms with Crippen LogP contribution < -0.4 is 0 Å². The lowest BCUT2D eigenvalue weighted by atomic mass is 9.98. The molecule has 4 heteroatoms. The summed E-state index contributed by atoms with van der Waals surface area (Å²) in [7, 11) is 0. The Labute approximate surface area is 128 Å². The molecular formula is C15H20BrClN2. The predicted octanol–water partition coefficient (Wildman–Crippen LogP) is 5.12. The first-order chi connectivity index (χ1) is 8.99. The monoisotopic (exact) mass is 342 g/mol. The third-order valence-corrected chi connectivity index (χ3v) is 4.15. The third-order valence-electron chi connectivity index (χ3n) is 3.47. The van der Waals surface area contributed by atoms with Gasteiger partial charge in [-0.3, -0.25) is 0 Å². The zero-order chi connectivity index (χ0) is 14.0. The molecule has 0 aliphatic heterocycles. The molecule has 1 aromatic heterocycles. The van der Waals surface area contributed by atoms with E-state index in [0.717, 1.165) is 35.1 Å². The van der Waals surface area contributed by atoms with Crippen molar-refractivity contribution in [2.45, 2.75) is 45.6 Å². The maximum atomic E-state index is 5.93. The summed E-state index contributed by atoms with van der Waals surface area (Å²) in [6.45, 7) is 6.77. The lowest BCUT2D eigenvalue weighted by Crippen LogP contribution is -2.28. The van der Waals surface area contributed by atoms with Gasteiger partial charge in [-0.25, -0.2) is 4.98 Å². The zero-order valence-corrected chi connectivity index (χ0v) is 14.1. The van der Waals surface area contributed by atoms with E-state index in [4.69, 9.17) is 16.6 Å². The number of hydrogen-bond acceptors (Lipinski definition) is 1. The molecular weight excluding hydrogens is 324 g/mol. The highest BCUT2D eigenvalue weighted by molar-refractivity contribution is 9.10. The van der Waals surface area contributed by atoms with Crippen LogP contribution in [0.3, 0.4) is 0 Å². The Morgan fingerprint density at radius 1 is 1.37 bits per heavy atom. The van der Waals surface area contributed by atoms with Crippen molar-refractivity contribution in [1.82, 2.24) is 9.55 Å². The Balaban J connectivity index is 2.66. The summed E-state index contributed by atoms with van der Waals surface area (Å²) in [5.41, 5.74) is 2.30. The molecule has 0 atom stereocenters. The molecule has 19 heavy (non-hydrogen) atoms. The van der Waals surface area contributed by atoms with E-state index in [1.165, 1.54) is 5.52 Å². The number of alkyl halides is 1. The molecule has 0 aliphatic carbocycles. The van der Waals surface area contributed by atoms with Crippen LogP contribution >= 0.6 is 27.5 Å². The molecule has 0 saturated carbocycles. The molecule has 0 bridgehead atoms. The van der Waals surface area contributed by atoms with Crippen LogP contribution in [0.2, 0.25) is 0 Å². The Morgan fingerprint density at radius 2 is 2.11 bits per heavy atom. The minimum absolute atomic E-state index is 0.0612. The van der Waals surface area contributed by atoms with Crippen LogP contribution in [0.4, 0.5) is 0 Å². The number of aryl methyl sites for hydroxylation is 1. The summed E-state index contributed by atoms with van der Waals surface area (Å²) in [6.07, 6.45) is 3.09. The highest BCUT2D eigenvalue weighted by Crippen LogP contribution is 2.31. The van der Waals surface area contributed by atoms with Gasteiger partial charge in [0.15, 0.2) is 0 Å². The van der Waals surface area contributed by atoms with Crippen LogP contribution in [-0.4, -0.2) is 15.4 Å². The summed E-state index contributed by atoms with van der Waals surface area (Å²) < 4.78 is 3.45. The molecule has 0 aliphatic rings. The fourth-order valence-corrected chi connectivity index (χ4v) is 3.27. The van der Waals surface area contributed by atoms with Gasteiger partial charge >= 0.3 is 0 Å². The molecule has 1 heterocycles. The summed E-state index contributed by atoms with van der Waals surface area (Å²) in [4.78, 5) is 4.75. The molecule has 0 amide bonds. The molecule has 0 spiro atoms. The summed E-state index contributed by atoms with van der Waals surface area (Å²) in [5.74, 6) is 1.69. The van der Waals surface area contributed by atoms with E-state index >= 15 is 0 Å². The fourth-order valence-electron chi connectivity index (χ4n) is 2.75. The van der Waals surface area contributed by atoms with Crippen LogP contribution in [-0.2, 0) is 12.0 Å². The van der Waals surface area contributed by atoms with Crippen molar-refractivity contribution < 1.29 is 0 Å². The lowest BCUT2D eigenvalue weighted by Gasteiger charge is -2.29. The van der Waals surface area contributed by atoms with Gasteiger partial charge in [-0.2, -0.15) is 0 Å². The fraction of sp³-hybridized carbons (Fsp3) is 0.533. The molecule has 0 radical (unpaired) electrons. The molecule has 0 N–H and O–H groups in total. The van der Waals surface area contributed by atoms with Gasteiger partial charge in [0.2, 0.25) is 0 Å². The Kier molecular flexibility index (Phi) is 4.57. The number of nitrogens with zero attached hydrogens (tertiary/aromatic N) is 2. The van der Waals surface area contributed by atoms with Crippen LogP contribution in [0.25, 0.3) is 11.0 Å². The average Bonchev–Trinajstić information content (AvgIpc) is 2.67. The van der Waals surface area contributed by atoms with Gasteiger partial charge in [0.25, 0.3) is 0 Å². The van der Waals surface area contributed by atoms with Gasteiger partial charge < -0.3 is 4.57 Å². The van der Waals surface area contributed by atoms with Crippen LogP contribution in [0, 0.1) is 0 Å². The first-order valence-corrected chi connectivity index (χ1v) is 8.05. The van der Waals surface area contributed by atoms with E-state index < -0.39 is 0 Å². The molecule has 2 rings (SSSR count). The van der Waals surface area contributed by atoms with Crippen molar-refractivity contribution in [2.75, 3.05) is 5.88 Å². The number of imidazole rings is 1. The smallest absolute Gasteiger partial charge is 0.111 e. The lowest BCUT2D eigenvalue weighted by molar-refractivity contribution is 0.324. The van der Waals surface area contributed by atoms with Gasteiger partial charge in [0, 0.05) is 22.3 Å². The Hall–Kier alpha value is -0.540. The standard InChI is InChI=1S/C15H20BrClN2/c1-4-8-15(2,3)19-13-10-11(16)5-6-12(13)18-14(19)7-9-17/h5-6,10H,4,7-9H2,1-3H3. The average molecular weight is 344 g/mol. The molecule has 0 fully saturated rings. The largest absolute Gasteiger partial charge is 0.322 e. The van der Waals surface area contributed by atoms with E-state index in [1.807, 2.05) is 6.07 Å². The minimum Gasteiger partial charge on any atom is -0.322 e. The second-order valence-electron chi connectivity index (χ2n) is 5.50. The number of benzene rings is 1. The van der Waals surface area contributed by atoms with Gasteiger partial charge in [-0.05, 0) is 38.5 Å². The van der Waals surface area contributed by atoms with Crippen molar-refractivity contribution in [3.05, 3.63) is 28.5 Å². The second kappa shape index (κ2) is 5.84. The Morgan fingerprint density at radius 3 is 2.74 bits per heavy atom. The topological polar surface area (TPSA) is 17.8 Å². The van der Waals surface area contributed by atoms with Crippen molar-refractivity contribution in [2.24, 2.45) is 0 Å². The van der Waals surface area contributed by atoms with Gasteiger partial charge in [-0.15, -0.1) is 11.6 Å². The number of fused-ring (bicyclic) bond motifs is 1. The summed E-state index contributed by atoms with van der Waals surface area (Å²) in [6, 6.07) is 6.25.